The number of aliphatic hydroxyl groups is 1. The Morgan fingerprint density at radius 2 is 1.94 bits per heavy atom. The molecule has 0 spiro atoms. The molecule has 0 saturated heterocycles. The molecule has 0 atom stereocenters. The molecule has 0 bridgehead atoms. The maximum Gasteiger partial charge on any atom is 0.408 e. The van der Waals surface area contributed by atoms with Gasteiger partial charge in [-0.15, -0.1) is 0 Å². The van der Waals surface area contributed by atoms with E-state index in [1.165, 1.54) is 0 Å². The third kappa shape index (κ3) is 3.37. The molecular formula is C10H17NO5. The number of carbonyl (C=O) groups is 2. The maximum absolute atomic E-state index is 11.4. The third-order valence-corrected chi connectivity index (χ3v) is 2.08. The second kappa shape index (κ2) is 4.29. The molecule has 0 aromatic rings. The molecule has 16 heavy (non-hydrogen) atoms. The van der Waals surface area contributed by atoms with Crippen LogP contribution < -0.4 is 5.32 Å². The fourth-order valence-electron chi connectivity index (χ4n) is 1.20. The van der Waals surface area contributed by atoms with E-state index >= 15 is 0 Å². The molecule has 1 saturated carbocycles. The van der Waals surface area contributed by atoms with Gasteiger partial charge in [-0.25, -0.2) is 9.59 Å². The molecule has 1 aliphatic carbocycles. The predicted octanol–water partition coefficient (Wildman–Crippen LogP) is 0.537. The van der Waals surface area contributed by atoms with Gasteiger partial charge in [-0.05, 0) is 33.6 Å². The monoisotopic (exact) mass is 231 g/mol. The number of ether oxygens (including phenoxy) is 2. The van der Waals surface area contributed by atoms with Crippen LogP contribution in [0.15, 0.2) is 0 Å². The highest BCUT2D eigenvalue weighted by atomic mass is 16.6. The maximum atomic E-state index is 11.4. The van der Waals surface area contributed by atoms with Gasteiger partial charge < -0.3 is 19.9 Å². The highest BCUT2D eigenvalue weighted by molar-refractivity contribution is 5.88. The van der Waals surface area contributed by atoms with Gasteiger partial charge in [-0.3, -0.25) is 0 Å². The van der Waals surface area contributed by atoms with Crippen LogP contribution in [0.4, 0.5) is 4.79 Å². The Morgan fingerprint density at radius 1 is 1.38 bits per heavy atom. The van der Waals surface area contributed by atoms with Gasteiger partial charge in [0.25, 0.3) is 0 Å². The van der Waals surface area contributed by atoms with E-state index in [4.69, 9.17) is 9.84 Å². The lowest BCUT2D eigenvalue weighted by atomic mass is 10.2. The smallest absolute Gasteiger partial charge is 0.408 e. The molecule has 6 heteroatoms. The summed E-state index contributed by atoms with van der Waals surface area (Å²) in [6.45, 7) is 4.52. The Morgan fingerprint density at radius 3 is 2.31 bits per heavy atom. The third-order valence-electron chi connectivity index (χ3n) is 2.08. The number of alkyl carbamates (subject to hydrolysis) is 1. The van der Waals surface area contributed by atoms with E-state index in [0.717, 1.165) is 0 Å². The molecule has 0 aromatic carbocycles. The van der Waals surface area contributed by atoms with Gasteiger partial charge in [-0.2, -0.15) is 0 Å². The normalized spacial score (nSPS) is 17.5. The number of amides is 1. The van der Waals surface area contributed by atoms with Crippen molar-refractivity contribution in [3.63, 3.8) is 0 Å². The zero-order valence-corrected chi connectivity index (χ0v) is 9.70. The lowest BCUT2D eigenvalue weighted by molar-refractivity contribution is -0.155. The summed E-state index contributed by atoms with van der Waals surface area (Å²) < 4.78 is 9.47. The van der Waals surface area contributed by atoms with E-state index in [-0.39, 0.29) is 0 Å². The molecule has 1 aliphatic rings. The van der Waals surface area contributed by atoms with Gasteiger partial charge in [0, 0.05) is 0 Å². The van der Waals surface area contributed by atoms with E-state index in [9.17, 15) is 9.59 Å². The van der Waals surface area contributed by atoms with Gasteiger partial charge in [-0.1, -0.05) is 0 Å². The summed E-state index contributed by atoms with van der Waals surface area (Å²) >= 11 is 0. The van der Waals surface area contributed by atoms with E-state index in [1.54, 1.807) is 20.8 Å². The first kappa shape index (κ1) is 12.8. The summed E-state index contributed by atoms with van der Waals surface area (Å²) in [4.78, 5) is 22.8. The summed E-state index contributed by atoms with van der Waals surface area (Å²) in [5.74, 6) is -0.624. The number of nitrogens with one attached hydrogen (secondary N) is 1. The highest BCUT2D eigenvalue weighted by Crippen LogP contribution is 2.36. The van der Waals surface area contributed by atoms with Crippen molar-refractivity contribution < 1.29 is 24.2 Å². The molecule has 0 unspecified atom stereocenters. The van der Waals surface area contributed by atoms with Crippen molar-refractivity contribution in [3.8, 4) is 0 Å². The summed E-state index contributed by atoms with van der Waals surface area (Å²) in [5, 5.41) is 10.9. The summed E-state index contributed by atoms with van der Waals surface area (Å²) in [6.07, 6.45) is 0.357. The van der Waals surface area contributed by atoms with Crippen LogP contribution in [-0.2, 0) is 14.3 Å². The SMILES string of the molecule is CC(C)(C)OC(=O)NC1(C(=O)OCO)CC1. The molecule has 2 N–H and O–H groups in total. The molecular weight excluding hydrogens is 214 g/mol. The fraction of sp³-hybridized carbons (Fsp3) is 0.800. The van der Waals surface area contributed by atoms with Gasteiger partial charge in [0.15, 0.2) is 6.79 Å². The zero-order chi connectivity index (χ0) is 12.4. The first-order chi connectivity index (χ1) is 7.29. The van der Waals surface area contributed by atoms with Crippen molar-refractivity contribution in [2.24, 2.45) is 0 Å². The van der Waals surface area contributed by atoms with Crippen LogP contribution in [-0.4, -0.2) is 35.1 Å². The van der Waals surface area contributed by atoms with Crippen molar-refractivity contribution >= 4 is 12.1 Å². The molecule has 1 amide bonds. The summed E-state index contributed by atoms with van der Waals surface area (Å²) in [6, 6.07) is 0. The highest BCUT2D eigenvalue weighted by Gasteiger charge is 2.53. The van der Waals surface area contributed by atoms with Gasteiger partial charge in [0.05, 0.1) is 0 Å². The average Bonchev–Trinajstić information content (AvgIpc) is 2.82. The van der Waals surface area contributed by atoms with Gasteiger partial charge in [0.2, 0.25) is 0 Å². The number of hydrogen-bond donors (Lipinski definition) is 2. The van der Waals surface area contributed by atoms with Crippen LogP contribution in [0.2, 0.25) is 0 Å². The number of esters is 1. The van der Waals surface area contributed by atoms with Crippen molar-refractivity contribution in [2.45, 2.75) is 44.8 Å². The molecule has 0 aromatic heterocycles. The second-order valence-corrected chi connectivity index (χ2v) is 4.77. The van der Waals surface area contributed by atoms with Crippen molar-refractivity contribution in [1.29, 1.82) is 0 Å². The van der Waals surface area contributed by atoms with Crippen molar-refractivity contribution in [1.82, 2.24) is 5.32 Å². The van der Waals surface area contributed by atoms with Crippen molar-refractivity contribution in [3.05, 3.63) is 0 Å². The first-order valence-electron chi connectivity index (χ1n) is 5.08. The van der Waals surface area contributed by atoms with Crippen LogP contribution >= 0.6 is 0 Å². The Hall–Kier alpha value is -1.30. The quantitative estimate of drug-likeness (QED) is 0.547. The van der Waals surface area contributed by atoms with Crippen molar-refractivity contribution in [2.75, 3.05) is 6.79 Å². The van der Waals surface area contributed by atoms with Gasteiger partial charge in [0.1, 0.15) is 11.1 Å². The number of hydrogen-bond acceptors (Lipinski definition) is 5. The van der Waals surface area contributed by atoms with E-state index < -0.39 is 30.0 Å². The lowest BCUT2D eigenvalue weighted by Gasteiger charge is -2.22. The number of aliphatic hydroxyl groups excluding tert-OH is 1. The molecule has 0 heterocycles. The molecule has 0 radical (unpaired) electrons. The summed E-state index contributed by atoms with van der Waals surface area (Å²) in [7, 11) is 0. The van der Waals surface area contributed by atoms with Crippen LogP contribution in [0.1, 0.15) is 33.6 Å². The average molecular weight is 231 g/mol. The van der Waals surface area contributed by atoms with Crippen LogP contribution in [0.5, 0.6) is 0 Å². The van der Waals surface area contributed by atoms with E-state index in [2.05, 4.69) is 10.1 Å². The number of carbonyl (C=O) groups excluding carboxylic acids is 2. The van der Waals surface area contributed by atoms with Crippen LogP contribution in [0.25, 0.3) is 0 Å². The molecule has 92 valence electrons. The van der Waals surface area contributed by atoms with Crippen LogP contribution in [0.3, 0.4) is 0 Å². The van der Waals surface area contributed by atoms with E-state index in [0.29, 0.717) is 12.8 Å². The zero-order valence-electron chi connectivity index (χ0n) is 9.70. The Labute approximate surface area is 93.9 Å². The minimum Gasteiger partial charge on any atom is -0.444 e. The standard InChI is InChI=1S/C10H17NO5/c1-9(2,3)16-8(14)11-10(4-5-10)7(13)15-6-12/h12H,4-6H2,1-3H3,(H,11,14). The second-order valence-electron chi connectivity index (χ2n) is 4.77. The topological polar surface area (TPSA) is 84.9 Å². The largest absolute Gasteiger partial charge is 0.444 e. The lowest BCUT2D eigenvalue weighted by Crippen LogP contribution is -2.46. The molecule has 6 nitrogen and oxygen atoms in total. The van der Waals surface area contributed by atoms with E-state index in [1.807, 2.05) is 0 Å². The molecule has 1 rings (SSSR count). The Bertz CT molecular complexity index is 290. The predicted molar refractivity (Wildman–Crippen MR) is 54.5 cm³/mol. The molecule has 1 fully saturated rings. The summed E-state index contributed by atoms with van der Waals surface area (Å²) in [5.41, 5.74) is -1.61. The minimum atomic E-state index is -0.995. The fourth-order valence-corrected chi connectivity index (χ4v) is 1.20. The van der Waals surface area contributed by atoms with Gasteiger partial charge >= 0.3 is 12.1 Å². The number of rotatable bonds is 3. The van der Waals surface area contributed by atoms with Crippen LogP contribution in [0, 0.1) is 0 Å². The molecule has 0 aliphatic heterocycles. The minimum absolute atomic E-state index is 0.505. The Balaban J connectivity index is 2.48. The Kier molecular flexibility index (Phi) is 3.42. The first-order valence-corrected chi connectivity index (χ1v) is 5.08.